The molecular formula is C20H16F2N2O3S2. The van der Waals surface area contributed by atoms with Gasteiger partial charge in [0.15, 0.2) is 11.6 Å². The summed E-state index contributed by atoms with van der Waals surface area (Å²) in [5.41, 5.74) is 0.714. The molecule has 0 spiro atoms. The van der Waals surface area contributed by atoms with Gasteiger partial charge in [-0.2, -0.15) is 0 Å². The maximum atomic E-state index is 13.3. The van der Waals surface area contributed by atoms with Crippen LogP contribution in [0.3, 0.4) is 0 Å². The zero-order valence-corrected chi connectivity index (χ0v) is 16.6. The van der Waals surface area contributed by atoms with Gasteiger partial charge in [-0.3, -0.25) is 9.52 Å². The number of thioether (sulfide) groups is 1. The molecule has 5 nitrogen and oxygen atoms in total. The molecule has 3 rings (SSSR count). The highest BCUT2D eigenvalue weighted by molar-refractivity contribution is 8.00. The summed E-state index contributed by atoms with van der Waals surface area (Å²) < 4.78 is 53.1. The fourth-order valence-corrected chi connectivity index (χ4v) is 4.13. The van der Waals surface area contributed by atoms with Gasteiger partial charge in [0.2, 0.25) is 5.91 Å². The summed E-state index contributed by atoms with van der Waals surface area (Å²) in [5.74, 6) is -2.35. The Morgan fingerprint density at radius 2 is 1.52 bits per heavy atom. The second-order valence-electron chi connectivity index (χ2n) is 5.91. The number of anilines is 2. The molecule has 0 aliphatic carbocycles. The Labute approximate surface area is 171 Å². The van der Waals surface area contributed by atoms with Crippen molar-refractivity contribution in [2.24, 2.45) is 0 Å². The molecule has 0 aromatic heterocycles. The van der Waals surface area contributed by atoms with Crippen LogP contribution in [0.25, 0.3) is 0 Å². The Morgan fingerprint density at radius 3 is 2.17 bits per heavy atom. The molecule has 0 heterocycles. The number of rotatable bonds is 7. The molecule has 0 aliphatic heterocycles. The minimum Gasteiger partial charge on any atom is -0.325 e. The van der Waals surface area contributed by atoms with E-state index < -0.39 is 26.6 Å². The molecule has 0 saturated heterocycles. The van der Waals surface area contributed by atoms with E-state index in [0.29, 0.717) is 11.8 Å². The first-order valence-electron chi connectivity index (χ1n) is 8.39. The molecule has 0 atom stereocenters. The molecule has 0 bridgehead atoms. The highest BCUT2D eigenvalue weighted by atomic mass is 32.2. The van der Waals surface area contributed by atoms with Crippen molar-refractivity contribution in [2.45, 2.75) is 9.79 Å². The van der Waals surface area contributed by atoms with Gasteiger partial charge >= 0.3 is 0 Å². The Balaban J connectivity index is 1.59. The molecule has 0 radical (unpaired) electrons. The number of benzene rings is 3. The average Bonchev–Trinajstić information content (AvgIpc) is 2.70. The number of amides is 1. The highest BCUT2D eigenvalue weighted by Gasteiger charge is 2.16. The summed E-state index contributed by atoms with van der Waals surface area (Å²) >= 11 is 1.40. The fraction of sp³-hybridized carbons (Fsp3) is 0.0500. The third-order valence-electron chi connectivity index (χ3n) is 3.74. The molecule has 0 aliphatic rings. The smallest absolute Gasteiger partial charge is 0.261 e. The van der Waals surface area contributed by atoms with Crippen LogP contribution >= 0.6 is 11.8 Å². The van der Waals surface area contributed by atoms with Gasteiger partial charge in [-0.15, -0.1) is 11.8 Å². The number of halogens is 2. The Bertz CT molecular complexity index is 1110. The maximum Gasteiger partial charge on any atom is 0.261 e. The van der Waals surface area contributed by atoms with Crippen molar-refractivity contribution in [2.75, 3.05) is 15.8 Å². The second kappa shape index (κ2) is 9.06. The third kappa shape index (κ3) is 5.78. The largest absolute Gasteiger partial charge is 0.325 e. The number of sulfonamides is 1. The number of hydrogen-bond donors (Lipinski definition) is 2. The van der Waals surface area contributed by atoms with E-state index >= 15 is 0 Å². The number of nitrogens with one attached hydrogen (secondary N) is 2. The standard InChI is InChI=1S/C20H16F2N2O3S2/c21-18-11-10-17(12-19(18)22)29(26,27)24-15-8-6-14(7-9-15)23-20(25)13-28-16-4-2-1-3-5-16/h1-12,24H,13H2,(H,23,25). The molecule has 0 fully saturated rings. The van der Waals surface area contributed by atoms with Crippen LogP contribution in [0.2, 0.25) is 0 Å². The van der Waals surface area contributed by atoms with E-state index in [1.54, 1.807) is 0 Å². The van der Waals surface area contributed by atoms with Crippen molar-refractivity contribution in [3.63, 3.8) is 0 Å². The van der Waals surface area contributed by atoms with Crippen molar-refractivity contribution in [3.8, 4) is 0 Å². The molecule has 2 N–H and O–H groups in total. The second-order valence-corrected chi connectivity index (χ2v) is 8.64. The van der Waals surface area contributed by atoms with E-state index in [0.717, 1.165) is 17.0 Å². The van der Waals surface area contributed by atoms with Crippen molar-refractivity contribution >= 4 is 39.1 Å². The van der Waals surface area contributed by atoms with Crippen LogP contribution in [-0.2, 0) is 14.8 Å². The summed E-state index contributed by atoms with van der Waals surface area (Å²) in [5, 5.41) is 2.72. The molecule has 9 heteroatoms. The Kier molecular flexibility index (Phi) is 6.50. The van der Waals surface area contributed by atoms with Crippen LogP contribution in [0, 0.1) is 11.6 Å². The van der Waals surface area contributed by atoms with Gasteiger partial charge in [0, 0.05) is 16.3 Å². The highest BCUT2D eigenvalue weighted by Crippen LogP contribution is 2.21. The molecule has 0 unspecified atom stereocenters. The molecule has 3 aromatic carbocycles. The zero-order chi connectivity index (χ0) is 20.9. The summed E-state index contributed by atoms with van der Waals surface area (Å²) in [6.07, 6.45) is 0. The molecule has 3 aromatic rings. The normalized spacial score (nSPS) is 11.1. The van der Waals surface area contributed by atoms with Crippen molar-refractivity contribution < 1.29 is 22.0 Å². The lowest BCUT2D eigenvalue weighted by Gasteiger charge is -2.10. The van der Waals surface area contributed by atoms with E-state index in [-0.39, 0.29) is 17.3 Å². The van der Waals surface area contributed by atoms with E-state index in [9.17, 15) is 22.0 Å². The fourth-order valence-electron chi connectivity index (χ4n) is 2.34. The van der Waals surface area contributed by atoms with Crippen LogP contribution in [-0.4, -0.2) is 20.1 Å². The van der Waals surface area contributed by atoms with Gasteiger partial charge in [-0.05, 0) is 54.6 Å². The third-order valence-corrected chi connectivity index (χ3v) is 6.13. The molecule has 1 amide bonds. The monoisotopic (exact) mass is 434 g/mol. The summed E-state index contributed by atoms with van der Waals surface area (Å²) in [6, 6.07) is 17.8. The Hall–Kier alpha value is -2.91. The quantitative estimate of drug-likeness (QED) is 0.537. The van der Waals surface area contributed by atoms with E-state index in [1.165, 1.54) is 36.0 Å². The Morgan fingerprint density at radius 1 is 0.862 bits per heavy atom. The lowest BCUT2D eigenvalue weighted by Crippen LogP contribution is -2.15. The minimum atomic E-state index is -4.08. The first-order chi connectivity index (χ1) is 13.8. The zero-order valence-electron chi connectivity index (χ0n) is 14.9. The first-order valence-corrected chi connectivity index (χ1v) is 10.9. The predicted octanol–water partition coefficient (Wildman–Crippen LogP) is 4.50. The molecule has 150 valence electrons. The lowest BCUT2D eigenvalue weighted by molar-refractivity contribution is -0.113. The van der Waals surface area contributed by atoms with Gasteiger partial charge in [-0.25, -0.2) is 17.2 Å². The number of carbonyl (C=O) groups is 1. The van der Waals surface area contributed by atoms with Crippen LogP contribution in [0.15, 0.2) is 82.6 Å². The minimum absolute atomic E-state index is 0.200. The number of carbonyl (C=O) groups excluding carboxylic acids is 1. The SMILES string of the molecule is O=C(CSc1ccccc1)Nc1ccc(NS(=O)(=O)c2ccc(F)c(F)c2)cc1. The van der Waals surface area contributed by atoms with Crippen molar-refractivity contribution in [1.29, 1.82) is 0 Å². The van der Waals surface area contributed by atoms with Crippen LogP contribution in [0.1, 0.15) is 0 Å². The van der Waals surface area contributed by atoms with Crippen LogP contribution in [0.4, 0.5) is 20.2 Å². The lowest BCUT2D eigenvalue weighted by atomic mass is 10.3. The van der Waals surface area contributed by atoms with E-state index in [1.807, 2.05) is 30.3 Å². The summed E-state index contributed by atoms with van der Waals surface area (Å²) in [4.78, 5) is 12.6. The van der Waals surface area contributed by atoms with Gasteiger partial charge in [0.1, 0.15) is 0 Å². The topological polar surface area (TPSA) is 75.3 Å². The van der Waals surface area contributed by atoms with Gasteiger partial charge in [0.05, 0.1) is 10.6 Å². The summed E-state index contributed by atoms with van der Waals surface area (Å²) in [7, 11) is -4.08. The first kappa shape index (κ1) is 20.8. The number of hydrogen-bond acceptors (Lipinski definition) is 4. The van der Waals surface area contributed by atoms with Crippen molar-refractivity contribution in [1.82, 2.24) is 0 Å². The van der Waals surface area contributed by atoms with Crippen LogP contribution in [0.5, 0.6) is 0 Å². The van der Waals surface area contributed by atoms with Crippen LogP contribution < -0.4 is 10.0 Å². The van der Waals surface area contributed by atoms with Gasteiger partial charge < -0.3 is 5.32 Å². The molecule has 29 heavy (non-hydrogen) atoms. The molecular weight excluding hydrogens is 418 g/mol. The summed E-state index contributed by atoms with van der Waals surface area (Å²) in [6.45, 7) is 0. The molecule has 0 saturated carbocycles. The maximum absolute atomic E-state index is 13.3. The van der Waals surface area contributed by atoms with E-state index in [2.05, 4.69) is 10.0 Å². The predicted molar refractivity (Wildman–Crippen MR) is 109 cm³/mol. The average molecular weight is 434 g/mol. The van der Waals surface area contributed by atoms with E-state index in [4.69, 9.17) is 0 Å². The van der Waals surface area contributed by atoms with Gasteiger partial charge in [-0.1, -0.05) is 18.2 Å². The van der Waals surface area contributed by atoms with Crippen molar-refractivity contribution in [3.05, 3.63) is 84.4 Å². The van der Waals surface area contributed by atoms with Gasteiger partial charge in [0.25, 0.3) is 10.0 Å².